The third-order valence-corrected chi connectivity index (χ3v) is 4.23. The molecule has 3 rings (SSSR count). The molecule has 1 aliphatic rings. The second kappa shape index (κ2) is 5.58. The van der Waals surface area contributed by atoms with E-state index in [4.69, 9.17) is 16.3 Å². The molecule has 0 N–H and O–H groups in total. The highest BCUT2D eigenvalue weighted by molar-refractivity contribution is 6.29. The molecule has 0 unspecified atom stereocenters. The minimum atomic E-state index is 0.0213. The minimum absolute atomic E-state index is 0.0213. The molecule has 0 atom stereocenters. The van der Waals surface area contributed by atoms with Crippen molar-refractivity contribution in [3.05, 3.63) is 27.9 Å². The number of hydrogen-bond donors (Lipinski definition) is 0. The lowest BCUT2D eigenvalue weighted by atomic mass is 10.2. The van der Waals surface area contributed by atoms with Crippen molar-refractivity contribution in [2.24, 2.45) is 0 Å². The Morgan fingerprint density at radius 2 is 2.15 bits per heavy atom. The van der Waals surface area contributed by atoms with Gasteiger partial charge in [-0.05, 0) is 12.8 Å². The standard InChI is InChI=1S/C14H18ClN3O2/c1-20-7-6-17-12-9-16-13(15)8-11(12)18(14(17)19)10-4-2-3-5-10/h8-10H,2-7H2,1H3. The molecule has 1 saturated carbocycles. The van der Waals surface area contributed by atoms with E-state index in [1.807, 2.05) is 4.57 Å². The number of methoxy groups -OCH3 is 1. The second-order valence-corrected chi connectivity index (χ2v) is 5.62. The van der Waals surface area contributed by atoms with Gasteiger partial charge in [-0.3, -0.25) is 9.13 Å². The van der Waals surface area contributed by atoms with Gasteiger partial charge in [0.15, 0.2) is 0 Å². The first kappa shape index (κ1) is 13.6. The SMILES string of the molecule is COCCn1c(=O)n(C2CCCC2)c2cc(Cl)ncc21. The fourth-order valence-corrected chi connectivity index (χ4v) is 3.22. The molecule has 0 aliphatic heterocycles. The van der Waals surface area contributed by atoms with E-state index in [9.17, 15) is 4.79 Å². The van der Waals surface area contributed by atoms with E-state index in [2.05, 4.69) is 4.98 Å². The van der Waals surface area contributed by atoms with Crippen LogP contribution >= 0.6 is 11.6 Å². The van der Waals surface area contributed by atoms with E-state index in [1.54, 1.807) is 23.9 Å². The molecular weight excluding hydrogens is 278 g/mol. The van der Waals surface area contributed by atoms with Crippen molar-refractivity contribution in [3.8, 4) is 0 Å². The van der Waals surface area contributed by atoms with E-state index in [0.29, 0.717) is 18.3 Å². The number of rotatable bonds is 4. The van der Waals surface area contributed by atoms with Gasteiger partial charge in [-0.15, -0.1) is 0 Å². The van der Waals surface area contributed by atoms with Crippen LogP contribution in [-0.4, -0.2) is 27.8 Å². The number of halogens is 1. The number of aromatic nitrogens is 3. The summed E-state index contributed by atoms with van der Waals surface area (Å²) in [6.07, 6.45) is 6.16. The van der Waals surface area contributed by atoms with Crippen molar-refractivity contribution in [1.29, 1.82) is 0 Å². The Bertz CT molecular complexity index is 671. The van der Waals surface area contributed by atoms with Crippen molar-refractivity contribution >= 4 is 22.6 Å². The highest BCUT2D eigenvalue weighted by Gasteiger charge is 2.23. The Morgan fingerprint density at radius 3 is 2.85 bits per heavy atom. The maximum atomic E-state index is 12.7. The quantitative estimate of drug-likeness (QED) is 0.815. The summed E-state index contributed by atoms with van der Waals surface area (Å²) in [5.74, 6) is 0. The van der Waals surface area contributed by atoms with Gasteiger partial charge in [0.25, 0.3) is 0 Å². The molecule has 0 saturated heterocycles. The van der Waals surface area contributed by atoms with Crippen LogP contribution < -0.4 is 5.69 Å². The molecule has 1 fully saturated rings. The van der Waals surface area contributed by atoms with Gasteiger partial charge in [-0.25, -0.2) is 9.78 Å². The van der Waals surface area contributed by atoms with Gasteiger partial charge >= 0.3 is 5.69 Å². The molecule has 2 heterocycles. The van der Waals surface area contributed by atoms with E-state index in [-0.39, 0.29) is 11.7 Å². The lowest BCUT2D eigenvalue weighted by Crippen LogP contribution is -2.27. The molecular formula is C14H18ClN3O2. The Labute approximate surface area is 122 Å². The van der Waals surface area contributed by atoms with Gasteiger partial charge in [-0.1, -0.05) is 24.4 Å². The average Bonchev–Trinajstić information content (AvgIpc) is 3.02. The Kier molecular flexibility index (Phi) is 3.81. The largest absolute Gasteiger partial charge is 0.383 e. The van der Waals surface area contributed by atoms with Crippen LogP contribution in [0.15, 0.2) is 17.1 Å². The van der Waals surface area contributed by atoms with Crippen LogP contribution in [0.25, 0.3) is 11.0 Å². The topological polar surface area (TPSA) is 49.0 Å². The minimum Gasteiger partial charge on any atom is -0.383 e. The molecule has 20 heavy (non-hydrogen) atoms. The van der Waals surface area contributed by atoms with Gasteiger partial charge in [0.05, 0.1) is 30.4 Å². The van der Waals surface area contributed by atoms with Gasteiger partial charge in [0.2, 0.25) is 0 Å². The highest BCUT2D eigenvalue weighted by atomic mass is 35.5. The summed E-state index contributed by atoms with van der Waals surface area (Å²) in [5, 5.41) is 0.424. The lowest BCUT2D eigenvalue weighted by molar-refractivity contribution is 0.187. The zero-order chi connectivity index (χ0) is 14.1. The Morgan fingerprint density at radius 1 is 1.40 bits per heavy atom. The number of nitrogens with zero attached hydrogens (tertiary/aromatic N) is 3. The van der Waals surface area contributed by atoms with Crippen molar-refractivity contribution < 1.29 is 4.74 Å². The van der Waals surface area contributed by atoms with Crippen molar-refractivity contribution in [1.82, 2.24) is 14.1 Å². The fourth-order valence-electron chi connectivity index (χ4n) is 3.06. The monoisotopic (exact) mass is 295 g/mol. The molecule has 108 valence electrons. The molecule has 6 heteroatoms. The first-order valence-electron chi connectivity index (χ1n) is 6.97. The molecule has 0 bridgehead atoms. The summed E-state index contributed by atoms with van der Waals surface area (Å²) in [5.41, 5.74) is 1.74. The van der Waals surface area contributed by atoms with Crippen LogP contribution in [-0.2, 0) is 11.3 Å². The maximum Gasteiger partial charge on any atom is 0.329 e. The van der Waals surface area contributed by atoms with E-state index in [1.165, 1.54) is 12.8 Å². The Balaban J connectivity index is 2.18. The van der Waals surface area contributed by atoms with Crippen molar-refractivity contribution in [3.63, 3.8) is 0 Å². The van der Waals surface area contributed by atoms with Gasteiger partial charge in [0, 0.05) is 19.2 Å². The number of fused-ring (bicyclic) bond motifs is 1. The summed E-state index contributed by atoms with van der Waals surface area (Å²) < 4.78 is 8.72. The van der Waals surface area contributed by atoms with Gasteiger partial charge in [-0.2, -0.15) is 0 Å². The maximum absolute atomic E-state index is 12.7. The molecule has 0 spiro atoms. The molecule has 2 aromatic rings. The predicted octanol–water partition coefficient (Wildman–Crippen LogP) is 2.61. The van der Waals surface area contributed by atoms with Crippen LogP contribution in [0.1, 0.15) is 31.7 Å². The number of pyridine rings is 1. The molecule has 2 aromatic heterocycles. The first-order chi connectivity index (χ1) is 9.72. The normalized spacial score (nSPS) is 16.3. The molecule has 1 aliphatic carbocycles. The van der Waals surface area contributed by atoms with Crippen LogP contribution in [0.5, 0.6) is 0 Å². The van der Waals surface area contributed by atoms with Crippen molar-refractivity contribution in [2.45, 2.75) is 38.3 Å². The Hall–Kier alpha value is -1.33. The van der Waals surface area contributed by atoms with E-state index < -0.39 is 0 Å². The third-order valence-electron chi connectivity index (χ3n) is 4.02. The average molecular weight is 296 g/mol. The molecule has 0 aromatic carbocycles. The molecule has 0 radical (unpaired) electrons. The number of imidazole rings is 1. The zero-order valence-corrected chi connectivity index (χ0v) is 12.3. The third kappa shape index (κ3) is 2.25. The first-order valence-corrected chi connectivity index (χ1v) is 7.35. The lowest BCUT2D eigenvalue weighted by Gasteiger charge is -2.10. The fraction of sp³-hybridized carbons (Fsp3) is 0.571. The smallest absolute Gasteiger partial charge is 0.329 e. The van der Waals surface area contributed by atoms with Gasteiger partial charge in [0.1, 0.15) is 5.15 Å². The van der Waals surface area contributed by atoms with Crippen LogP contribution in [0.4, 0.5) is 0 Å². The van der Waals surface area contributed by atoms with Crippen molar-refractivity contribution in [2.75, 3.05) is 13.7 Å². The summed E-state index contributed by atoms with van der Waals surface area (Å²) >= 11 is 6.00. The number of hydrogen-bond acceptors (Lipinski definition) is 3. The summed E-state index contributed by atoms with van der Waals surface area (Å²) in [6, 6.07) is 2.08. The van der Waals surface area contributed by atoms with Crippen LogP contribution in [0.2, 0.25) is 5.15 Å². The summed E-state index contributed by atoms with van der Waals surface area (Å²) in [6.45, 7) is 1.04. The van der Waals surface area contributed by atoms with Crippen LogP contribution in [0, 0.1) is 0 Å². The molecule has 0 amide bonds. The van der Waals surface area contributed by atoms with E-state index in [0.717, 1.165) is 23.9 Å². The second-order valence-electron chi connectivity index (χ2n) is 5.23. The van der Waals surface area contributed by atoms with Gasteiger partial charge < -0.3 is 4.74 Å². The summed E-state index contributed by atoms with van der Waals surface area (Å²) in [4.78, 5) is 16.8. The predicted molar refractivity (Wildman–Crippen MR) is 78.4 cm³/mol. The molecule has 5 nitrogen and oxygen atoms in total. The van der Waals surface area contributed by atoms with Crippen LogP contribution in [0.3, 0.4) is 0 Å². The van der Waals surface area contributed by atoms with E-state index >= 15 is 0 Å². The highest BCUT2D eigenvalue weighted by Crippen LogP contribution is 2.31. The number of ether oxygens (including phenoxy) is 1. The summed E-state index contributed by atoms with van der Waals surface area (Å²) in [7, 11) is 1.64. The zero-order valence-electron chi connectivity index (χ0n) is 11.5.